The van der Waals surface area contributed by atoms with Crippen LogP contribution in [0.1, 0.15) is 54.0 Å². The van der Waals surface area contributed by atoms with Gasteiger partial charge in [0, 0.05) is 22.7 Å². The number of methoxy groups -OCH3 is 1. The third kappa shape index (κ3) is 6.33. The van der Waals surface area contributed by atoms with Crippen molar-refractivity contribution in [2.24, 2.45) is 5.92 Å². The van der Waals surface area contributed by atoms with Crippen molar-refractivity contribution < 1.29 is 23.5 Å². The minimum absolute atomic E-state index is 0.0504. The number of aromatic nitrogens is 4. The zero-order valence-corrected chi connectivity index (χ0v) is 24.4. The molecule has 0 radical (unpaired) electrons. The summed E-state index contributed by atoms with van der Waals surface area (Å²) < 4.78 is 20.7. The van der Waals surface area contributed by atoms with Gasteiger partial charge in [0.25, 0.3) is 5.91 Å². The molecule has 2 bridgehead atoms. The van der Waals surface area contributed by atoms with Crippen LogP contribution in [0.25, 0.3) is 16.8 Å². The number of fused-ring (bicyclic) bond motifs is 4. The van der Waals surface area contributed by atoms with E-state index in [-0.39, 0.29) is 28.1 Å². The maximum Gasteiger partial charge on any atom is 0.411 e. The van der Waals surface area contributed by atoms with Gasteiger partial charge in [-0.25, -0.2) is 13.9 Å². The number of halogens is 2. The maximum absolute atomic E-state index is 14.7. The highest BCUT2D eigenvalue weighted by molar-refractivity contribution is 6.30. The van der Waals surface area contributed by atoms with Crippen LogP contribution in [0.3, 0.4) is 0 Å². The zero-order valence-electron chi connectivity index (χ0n) is 23.6. The Morgan fingerprint density at radius 1 is 1.16 bits per heavy atom. The molecule has 5 rings (SSSR count). The summed E-state index contributed by atoms with van der Waals surface area (Å²) in [5, 5.41) is 21.3. The van der Waals surface area contributed by atoms with Crippen molar-refractivity contribution in [2.45, 2.75) is 39.2 Å². The Labute approximate surface area is 251 Å². The van der Waals surface area contributed by atoms with Crippen LogP contribution in [-0.2, 0) is 9.53 Å². The first kappa shape index (κ1) is 29.6. The summed E-state index contributed by atoms with van der Waals surface area (Å²) in [6, 6.07) is 10.9. The van der Waals surface area contributed by atoms with Crippen LogP contribution in [0, 0.1) is 18.7 Å². The topological polar surface area (TPSA) is 140 Å². The number of amides is 3. The average molecular weight is 606 g/mol. The number of nitrogens with zero attached hydrogens (tertiary/aromatic N) is 4. The Bertz CT molecular complexity index is 1710. The molecule has 2 aromatic carbocycles. The highest BCUT2D eigenvalue weighted by Gasteiger charge is 2.25. The second kappa shape index (κ2) is 12.6. The summed E-state index contributed by atoms with van der Waals surface area (Å²) in [6.07, 6.45) is 3.94. The second-order valence-corrected chi connectivity index (χ2v) is 10.6. The van der Waals surface area contributed by atoms with Gasteiger partial charge in [-0.05, 0) is 50.1 Å². The second-order valence-electron chi connectivity index (χ2n) is 10.2. The smallest absolute Gasteiger partial charge is 0.411 e. The minimum atomic E-state index is -0.641. The first-order valence-corrected chi connectivity index (χ1v) is 14.0. The van der Waals surface area contributed by atoms with Crippen molar-refractivity contribution >= 4 is 40.9 Å². The molecular formula is C30H29ClFN7O4. The van der Waals surface area contributed by atoms with Gasteiger partial charge in [0.05, 0.1) is 53.2 Å². The Morgan fingerprint density at radius 3 is 2.77 bits per heavy atom. The van der Waals surface area contributed by atoms with E-state index in [0.717, 1.165) is 0 Å². The van der Waals surface area contributed by atoms with Crippen LogP contribution < -0.4 is 16.0 Å². The number of carbonyl (C=O) groups is 3. The van der Waals surface area contributed by atoms with Gasteiger partial charge < -0.3 is 15.4 Å². The lowest BCUT2D eigenvalue weighted by atomic mass is 9.96. The van der Waals surface area contributed by atoms with Gasteiger partial charge in [-0.2, -0.15) is 15.3 Å². The van der Waals surface area contributed by atoms with Crippen LogP contribution in [0.15, 0.2) is 54.9 Å². The number of hydrogen-bond acceptors (Lipinski definition) is 7. The van der Waals surface area contributed by atoms with E-state index in [1.165, 1.54) is 30.1 Å². The molecule has 11 nitrogen and oxygen atoms in total. The fourth-order valence-corrected chi connectivity index (χ4v) is 5.09. The number of benzene rings is 2. The molecular weight excluding hydrogens is 577 g/mol. The average Bonchev–Trinajstić information content (AvgIpc) is 3.38. The van der Waals surface area contributed by atoms with Gasteiger partial charge >= 0.3 is 6.09 Å². The van der Waals surface area contributed by atoms with Gasteiger partial charge in [-0.1, -0.05) is 37.1 Å². The molecule has 0 aliphatic carbocycles. The van der Waals surface area contributed by atoms with Crippen molar-refractivity contribution in [3.8, 4) is 16.8 Å². The number of hydrogen-bond donors (Lipinski definition) is 3. The van der Waals surface area contributed by atoms with Crippen molar-refractivity contribution in [2.75, 3.05) is 17.7 Å². The monoisotopic (exact) mass is 605 g/mol. The van der Waals surface area contributed by atoms with Crippen molar-refractivity contribution in [1.82, 2.24) is 25.3 Å². The van der Waals surface area contributed by atoms with E-state index >= 15 is 0 Å². The van der Waals surface area contributed by atoms with Gasteiger partial charge in [0.15, 0.2) is 5.82 Å². The summed E-state index contributed by atoms with van der Waals surface area (Å²) in [7, 11) is 1.26. The third-order valence-corrected chi connectivity index (χ3v) is 7.64. The molecule has 3 heterocycles. The molecule has 3 N–H and O–H groups in total. The first-order valence-electron chi connectivity index (χ1n) is 13.6. The molecule has 1 aliphatic heterocycles. The van der Waals surface area contributed by atoms with E-state index in [1.807, 2.05) is 6.92 Å². The zero-order chi connectivity index (χ0) is 30.7. The summed E-state index contributed by atoms with van der Waals surface area (Å²) in [5.41, 5.74) is 3.56. The Hall–Kier alpha value is -4.84. The molecule has 3 amide bonds. The number of ether oxygens (including phenoxy) is 1. The van der Waals surface area contributed by atoms with Gasteiger partial charge in [0.2, 0.25) is 5.91 Å². The largest absolute Gasteiger partial charge is 0.453 e. The van der Waals surface area contributed by atoms with Crippen molar-refractivity contribution in [3.05, 3.63) is 82.6 Å². The van der Waals surface area contributed by atoms with Gasteiger partial charge in [-0.3, -0.25) is 14.9 Å². The lowest BCUT2D eigenvalue weighted by molar-refractivity contribution is -0.119. The predicted octanol–water partition coefficient (Wildman–Crippen LogP) is 5.84. The third-order valence-electron chi connectivity index (χ3n) is 7.35. The number of rotatable bonds is 4. The van der Waals surface area contributed by atoms with Crippen molar-refractivity contribution in [3.63, 3.8) is 0 Å². The molecule has 0 spiro atoms. The molecule has 0 saturated carbocycles. The summed E-state index contributed by atoms with van der Waals surface area (Å²) in [4.78, 5) is 38.4. The lowest BCUT2D eigenvalue weighted by Crippen LogP contribution is -2.30. The summed E-state index contributed by atoms with van der Waals surface area (Å²) >= 11 is 5.95. The highest BCUT2D eigenvalue weighted by Crippen LogP contribution is 2.34. The lowest BCUT2D eigenvalue weighted by Gasteiger charge is -2.22. The Morgan fingerprint density at radius 2 is 1.98 bits per heavy atom. The molecule has 0 saturated heterocycles. The van der Waals surface area contributed by atoms with E-state index < -0.39 is 23.9 Å². The number of anilines is 2. The fourth-order valence-electron chi connectivity index (χ4n) is 4.92. The molecule has 0 unspecified atom stereocenters. The molecule has 1 aliphatic rings. The molecule has 2 atom stereocenters. The highest BCUT2D eigenvalue weighted by atomic mass is 35.5. The molecule has 43 heavy (non-hydrogen) atoms. The van der Waals surface area contributed by atoms with E-state index in [0.29, 0.717) is 53.2 Å². The van der Waals surface area contributed by atoms with Crippen molar-refractivity contribution in [1.29, 1.82) is 0 Å². The molecule has 0 fully saturated rings. The SMILES string of the molecule is COC(=O)Nc1ccc2c(c1)NC(=O)[C@H](C)CCC[C@H](NC(=O)c1cnn(-c3cccc(Cl)c3F)c1C)c1cc-2cnn1. The minimum Gasteiger partial charge on any atom is -0.453 e. The van der Waals surface area contributed by atoms with Crippen LogP contribution >= 0.6 is 11.6 Å². The van der Waals surface area contributed by atoms with Crippen LogP contribution in [-0.4, -0.2) is 45.0 Å². The molecule has 222 valence electrons. The fraction of sp³-hybridized carbons (Fsp3) is 0.267. The normalized spacial score (nSPS) is 16.6. The molecule has 2 aromatic heterocycles. The standard InChI is InChI=1S/C30H29ClFN7O4/c1-16-6-4-8-23(36-29(41)21-15-34-39(17(21)2)26-9-5-7-22(31)27(26)32)25-12-18(14-33-38-25)20-11-10-19(35-30(42)43-3)13-24(20)37-28(16)40/h5,7,9-16,23H,4,6,8H2,1-3H3,(H,35,42)(H,36,41)(H,37,40)/t16-,23+/m1/s1. The summed E-state index contributed by atoms with van der Waals surface area (Å²) in [6.45, 7) is 3.50. The molecule has 4 aromatic rings. The van der Waals surface area contributed by atoms with Gasteiger partial charge in [-0.15, -0.1) is 0 Å². The predicted molar refractivity (Wildman–Crippen MR) is 159 cm³/mol. The maximum atomic E-state index is 14.7. The molecule has 13 heteroatoms. The Balaban J connectivity index is 1.48. The quantitative estimate of drug-likeness (QED) is 0.265. The van der Waals surface area contributed by atoms with Crippen LogP contribution in [0.2, 0.25) is 5.02 Å². The van der Waals surface area contributed by atoms with Gasteiger partial charge in [0.1, 0.15) is 5.69 Å². The Kier molecular flexibility index (Phi) is 8.67. The van der Waals surface area contributed by atoms with Crippen LogP contribution in [0.5, 0.6) is 0 Å². The first-order chi connectivity index (χ1) is 20.7. The number of carbonyl (C=O) groups excluding carboxylic acids is 3. The van der Waals surface area contributed by atoms with E-state index in [9.17, 15) is 18.8 Å². The van der Waals surface area contributed by atoms with Crippen LogP contribution in [0.4, 0.5) is 20.6 Å². The van der Waals surface area contributed by atoms with E-state index in [1.54, 1.807) is 43.5 Å². The van der Waals surface area contributed by atoms with E-state index in [4.69, 9.17) is 11.6 Å². The number of nitrogens with one attached hydrogen (secondary N) is 3. The summed E-state index contributed by atoms with van der Waals surface area (Å²) in [5.74, 6) is -1.57. The van der Waals surface area contributed by atoms with E-state index in [2.05, 4.69) is 36.0 Å².